The fraction of sp³-hybridized carbons (Fsp3) is 0. The lowest BCUT2D eigenvalue weighted by Crippen LogP contribution is -2.26. The Hall–Kier alpha value is -1.87. The lowest BCUT2D eigenvalue weighted by atomic mass is 10.3. The Labute approximate surface area is 101 Å². The Morgan fingerprint density at radius 1 is 1.06 bits per heavy atom. The van der Waals surface area contributed by atoms with Crippen LogP contribution in [0.3, 0.4) is 0 Å². The molecule has 0 unspecified atom stereocenters. The molecule has 0 saturated heterocycles. The number of benzene rings is 1. The Balaban J connectivity index is 2.30. The Morgan fingerprint density at radius 3 is 2.62 bits per heavy atom. The molecule has 1 N–H and O–H groups in total. The van der Waals surface area contributed by atoms with Crippen molar-refractivity contribution in [2.45, 2.75) is 0 Å². The van der Waals surface area contributed by atoms with Gasteiger partial charge in [0.1, 0.15) is 5.82 Å². The van der Waals surface area contributed by atoms with Crippen LogP contribution in [0.15, 0.2) is 66.7 Å². The molecular formula is C13H12N2S. The average molecular weight is 228 g/mol. The van der Waals surface area contributed by atoms with Crippen molar-refractivity contribution in [3.05, 3.63) is 66.7 Å². The maximum Gasteiger partial charge on any atom is 0.115 e. The number of thiocarbonyl (C=S) groups is 1. The summed E-state index contributed by atoms with van der Waals surface area (Å²) in [5.74, 6) is 0.936. The molecule has 1 heterocycles. The van der Waals surface area contributed by atoms with Crippen LogP contribution in [0.4, 0.5) is 5.69 Å². The van der Waals surface area contributed by atoms with Gasteiger partial charge in [0.15, 0.2) is 0 Å². The summed E-state index contributed by atoms with van der Waals surface area (Å²) in [6.45, 7) is 0. The van der Waals surface area contributed by atoms with Crippen LogP contribution in [0.25, 0.3) is 0 Å². The third-order valence-electron chi connectivity index (χ3n) is 2.20. The van der Waals surface area contributed by atoms with Crippen molar-refractivity contribution in [2.75, 3.05) is 4.90 Å². The van der Waals surface area contributed by atoms with E-state index in [1.54, 1.807) is 5.49 Å². The summed E-state index contributed by atoms with van der Waals surface area (Å²) in [4.78, 5) is 1.93. The van der Waals surface area contributed by atoms with Crippen molar-refractivity contribution >= 4 is 23.4 Å². The van der Waals surface area contributed by atoms with Crippen molar-refractivity contribution in [3.63, 3.8) is 0 Å². The summed E-state index contributed by atoms with van der Waals surface area (Å²) in [7, 11) is 0. The zero-order valence-corrected chi connectivity index (χ0v) is 9.52. The number of allylic oxidation sites excluding steroid dienone is 4. The smallest absolute Gasteiger partial charge is 0.115 e. The van der Waals surface area contributed by atoms with E-state index in [1.165, 1.54) is 0 Å². The molecule has 1 aliphatic heterocycles. The van der Waals surface area contributed by atoms with Crippen LogP contribution < -0.4 is 10.2 Å². The molecule has 2 rings (SSSR count). The van der Waals surface area contributed by atoms with Crippen molar-refractivity contribution in [1.82, 2.24) is 5.32 Å². The van der Waals surface area contributed by atoms with Gasteiger partial charge in [0.05, 0.1) is 5.49 Å². The molecule has 0 radical (unpaired) electrons. The number of nitrogens with zero attached hydrogens (tertiary/aromatic N) is 1. The van der Waals surface area contributed by atoms with Crippen LogP contribution in [0.5, 0.6) is 0 Å². The highest BCUT2D eigenvalue weighted by molar-refractivity contribution is 7.79. The van der Waals surface area contributed by atoms with E-state index in [4.69, 9.17) is 12.2 Å². The summed E-state index contributed by atoms with van der Waals surface area (Å²) >= 11 is 5.05. The molecular weight excluding hydrogens is 216 g/mol. The van der Waals surface area contributed by atoms with Gasteiger partial charge in [-0.15, -0.1) is 0 Å². The Morgan fingerprint density at radius 2 is 1.88 bits per heavy atom. The molecule has 0 saturated carbocycles. The van der Waals surface area contributed by atoms with Gasteiger partial charge in [0.2, 0.25) is 0 Å². The highest BCUT2D eigenvalue weighted by Crippen LogP contribution is 2.16. The number of hydrogen-bond donors (Lipinski definition) is 1. The minimum Gasteiger partial charge on any atom is -0.348 e. The van der Waals surface area contributed by atoms with E-state index in [1.807, 2.05) is 65.7 Å². The van der Waals surface area contributed by atoms with Crippen molar-refractivity contribution in [3.8, 4) is 0 Å². The minimum atomic E-state index is 0.936. The highest BCUT2D eigenvalue weighted by Gasteiger charge is 2.07. The monoisotopic (exact) mass is 228 g/mol. The van der Waals surface area contributed by atoms with Crippen LogP contribution in [0.2, 0.25) is 0 Å². The third kappa shape index (κ3) is 2.38. The van der Waals surface area contributed by atoms with Gasteiger partial charge >= 0.3 is 0 Å². The highest BCUT2D eigenvalue weighted by atomic mass is 32.1. The van der Waals surface area contributed by atoms with E-state index < -0.39 is 0 Å². The Bertz CT molecular complexity index is 446. The number of nitrogens with one attached hydrogen (secondary N) is 1. The van der Waals surface area contributed by atoms with Gasteiger partial charge in [-0.25, -0.2) is 0 Å². The molecule has 0 fully saturated rings. The zero-order valence-electron chi connectivity index (χ0n) is 8.71. The molecule has 80 valence electrons. The predicted molar refractivity (Wildman–Crippen MR) is 72.1 cm³/mol. The lowest BCUT2D eigenvalue weighted by molar-refractivity contribution is 1.01. The van der Waals surface area contributed by atoms with Gasteiger partial charge in [-0.2, -0.15) is 0 Å². The van der Waals surface area contributed by atoms with Gasteiger partial charge in [0.25, 0.3) is 0 Å². The van der Waals surface area contributed by atoms with Gasteiger partial charge in [-0.1, -0.05) is 42.6 Å². The lowest BCUT2D eigenvalue weighted by Gasteiger charge is -2.21. The number of hydrogen-bond acceptors (Lipinski definition) is 2. The molecule has 16 heavy (non-hydrogen) atoms. The molecule has 0 spiro atoms. The third-order valence-corrected chi connectivity index (χ3v) is 2.41. The minimum absolute atomic E-state index is 0.936. The van der Waals surface area contributed by atoms with Crippen molar-refractivity contribution < 1.29 is 0 Å². The molecule has 2 nitrogen and oxygen atoms in total. The van der Waals surface area contributed by atoms with Gasteiger partial charge in [-0.3, -0.25) is 4.90 Å². The average Bonchev–Trinajstić information content (AvgIpc) is 2.61. The summed E-state index contributed by atoms with van der Waals surface area (Å²) in [5, 5.41) is 3.18. The van der Waals surface area contributed by atoms with E-state index in [9.17, 15) is 0 Å². The number of anilines is 1. The first-order chi connectivity index (χ1) is 7.92. The van der Waals surface area contributed by atoms with Crippen LogP contribution in [0.1, 0.15) is 0 Å². The summed E-state index contributed by atoms with van der Waals surface area (Å²) in [6.07, 6.45) is 9.74. The molecule has 3 heteroatoms. The summed E-state index contributed by atoms with van der Waals surface area (Å²) in [6, 6.07) is 10.0. The molecule has 1 aromatic carbocycles. The first-order valence-corrected chi connectivity index (χ1v) is 5.48. The zero-order chi connectivity index (χ0) is 11.2. The topological polar surface area (TPSA) is 15.3 Å². The normalized spacial score (nSPS) is 13.6. The van der Waals surface area contributed by atoms with E-state index in [0.29, 0.717) is 0 Å². The fourth-order valence-electron chi connectivity index (χ4n) is 1.44. The fourth-order valence-corrected chi connectivity index (χ4v) is 1.68. The SMILES string of the molecule is S=CN(C1=CC=CC=CN1)c1ccccc1. The molecule has 0 atom stereocenters. The number of rotatable bonds is 3. The molecule has 1 aromatic rings. The summed E-state index contributed by atoms with van der Waals surface area (Å²) in [5.41, 5.74) is 2.67. The first-order valence-electron chi connectivity index (χ1n) is 5.01. The predicted octanol–water partition coefficient (Wildman–Crippen LogP) is 2.96. The Kier molecular flexibility index (Phi) is 3.51. The number of para-hydroxylation sites is 1. The van der Waals surface area contributed by atoms with E-state index >= 15 is 0 Å². The van der Waals surface area contributed by atoms with Crippen molar-refractivity contribution in [2.24, 2.45) is 0 Å². The second-order valence-electron chi connectivity index (χ2n) is 3.25. The molecule has 0 amide bonds. The summed E-state index contributed by atoms with van der Waals surface area (Å²) < 4.78 is 0. The van der Waals surface area contributed by atoms with Gasteiger partial charge in [-0.05, 0) is 24.3 Å². The first kappa shape index (κ1) is 10.6. The molecule has 0 aliphatic carbocycles. The van der Waals surface area contributed by atoms with Crippen LogP contribution in [0, 0.1) is 0 Å². The van der Waals surface area contributed by atoms with Crippen LogP contribution >= 0.6 is 12.2 Å². The second-order valence-corrected chi connectivity index (χ2v) is 3.46. The van der Waals surface area contributed by atoms with E-state index in [2.05, 4.69) is 5.32 Å². The molecule has 0 aromatic heterocycles. The maximum absolute atomic E-state index is 5.05. The van der Waals surface area contributed by atoms with Gasteiger partial charge in [0, 0.05) is 11.9 Å². The van der Waals surface area contributed by atoms with Crippen LogP contribution in [-0.4, -0.2) is 5.49 Å². The second kappa shape index (κ2) is 5.28. The standard InChI is InChI=1S/C13H12N2S/c16-11-15(12-7-3-1-4-8-12)13-9-5-2-6-10-14-13/h1-11,14H. The largest absolute Gasteiger partial charge is 0.348 e. The molecule has 1 aliphatic rings. The van der Waals surface area contributed by atoms with Crippen LogP contribution in [-0.2, 0) is 0 Å². The van der Waals surface area contributed by atoms with E-state index in [0.717, 1.165) is 11.5 Å². The maximum atomic E-state index is 5.05. The van der Waals surface area contributed by atoms with E-state index in [-0.39, 0.29) is 0 Å². The van der Waals surface area contributed by atoms with Gasteiger partial charge < -0.3 is 5.32 Å². The molecule has 0 bridgehead atoms. The quantitative estimate of drug-likeness (QED) is 0.801. The van der Waals surface area contributed by atoms with Crippen molar-refractivity contribution in [1.29, 1.82) is 0 Å².